The molecule has 1 heterocycles. The Morgan fingerprint density at radius 3 is 2.87 bits per heavy atom. The van der Waals surface area contributed by atoms with Crippen molar-refractivity contribution in [1.29, 1.82) is 0 Å². The van der Waals surface area contributed by atoms with Crippen molar-refractivity contribution in [3.05, 3.63) is 59.4 Å². The molecule has 8 heteroatoms. The van der Waals surface area contributed by atoms with E-state index in [1.165, 1.54) is 17.2 Å². The van der Waals surface area contributed by atoms with Gasteiger partial charge in [-0.3, -0.25) is 4.90 Å². The minimum absolute atomic E-state index is 0.0175. The van der Waals surface area contributed by atoms with Gasteiger partial charge in [0.25, 0.3) is 0 Å². The molecule has 0 spiro atoms. The number of aliphatic imine (C=N–C) groups is 1. The highest BCUT2D eigenvalue weighted by molar-refractivity contribution is 5.67. The van der Waals surface area contributed by atoms with Gasteiger partial charge in [0.05, 0.1) is 23.8 Å². The van der Waals surface area contributed by atoms with Gasteiger partial charge in [0.15, 0.2) is 0 Å². The first-order chi connectivity index (χ1) is 14.7. The number of aliphatic hydroxyl groups is 1. The number of rotatable bonds is 6. The Morgan fingerprint density at radius 2 is 2.16 bits per heavy atom. The molecule has 1 aliphatic heterocycles. The number of nitrogens with zero attached hydrogens (tertiary/aromatic N) is 3. The van der Waals surface area contributed by atoms with Crippen LogP contribution in [0, 0.1) is 11.3 Å². The minimum atomic E-state index is -1.07. The molecule has 168 valence electrons. The topological polar surface area (TPSA) is 128 Å². The zero-order chi connectivity index (χ0) is 22.6. The molecule has 0 radical (unpaired) electrons. The lowest BCUT2D eigenvalue weighted by Gasteiger charge is -2.43. The fraction of sp³-hybridized carbons (Fsp3) is 0.478. The molecule has 0 saturated heterocycles. The zero-order valence-corrected chi connectivity index (χ0v) is 18.2. The third-order valence-corrected chi connectivity index (χ3v) is 6.33. The van der Waals surface area contributed by atoms with Crippen molar-refractivity contribution in [1.82, 2.24) is 9.80 Å². The molecule has 1 amide bonds. The Morgan fingerprint density at radius 1 is 1.39 bits per heavy atom. The summed E-state index contributed by atoms with van der Waals surface area (Å²) < 4.78 is 0. The molecule has 0 aromatic rings. The van der Waals surface area contributed by atoms with E-state index < -0.39 is 6.09 Å². The van der Waals surface area contributed by atoms with Crippen LogP contribution >= 0.6 is 0 Å². The number of nitrogens with two attached hydrogens (primary N) is 2. The molecular formula is C23H33N5O3. The Hall–Kier alpha value is -3.16. The maximum Gasteiger partial charge on any atom is 0.411 e. The smallest absolute Gasteiger partial charge is 0.411 e. The summed E-state index contributed by atoms with van der Waals surface area (Å²) in [7, 11) is 0. The molecule has 1 saturated carbocycles. The second-order valence-corrected chi connectivity index (χ2v) is 9.00. The average molecular weight is 428 g/mol. The van der Waals surface area contributed by atoms with Gasteiger partial charge in [0, 0.05) is 18.8 Å². The summed E-state index contributed by atoms with van der Waals surface area (Å²) in [5.41, 5.74) is 13.3. The van der Waals surface area contributed by atoms with Crippen LogP contribution in [0.2, 0.25) is 0 Å². The predicted molar refractivity (Wildman–Crippen MR) is 122 cm³/mol. The van der Waals surface area contributed by atoms with Crippen LogP contribution in [0.25, 0.3) is 0 Å². The number of allylic oxidation sites excluding steroid dienone is 4. The quantitative estimate of drug-likeness (QED) is 0.380. The van der Waals surface area contributed by atoms with E-state index in [0.717, 1.165) is 43.6 Å². The fourth-order valence-electron chi connectivity index (χ4n) is 4.78. The van der Waals surface area contributed by atoms with Gasteiger partial charge < -0.3 is 26.6 Å². The largest absolute Gasteiger partial charge is 0.506 e. The van der Waals surface area contributed by atoms with Gasteiger partial charge in [-0.15, -0.1) is 0 Å². The third-order valence-electron chi connectivity index (χ3n) is 6.33. The Bertz CT molecular complexity index is 886. The number of carbonyl (C=O) groups is 1. The van der Waals surface area contributed by atoms with Gasteiger partial charge in [0.2, 0.25) is 0 Å². The van der Waals surface area contributed by atoms with E-state index in [9.17, 15) is 15.0 Å². The van der Waals surface area contributed by atoms with E-state index in [4.69, 9.17) is 11.5 Å². The van der Waals surface area contributed by atoms with Crippen molar-refractivity contribution in [2.75, 3.05) is 13.1 Å². The van der Waals surface area contributed by atoms with E-state index >= 15 is 0 Å². The average Bonchev–Trinajstić information content (AvgIpc) is 2.86. The molecule has 3 atom stereocenters. The van der Waals surface area contributed by atoms with Gasteiger partial charge in [-0.2, -0.15) is 0 Å². The maximum absolute atomic E-state index is 11.9. The summed E-state index contributed by atoms with van der Waals surface area (Å²) in [4.78, 5) is 19.8. The van der Waals surface area contributed by atoms with Crippen LogP contribution in [0.5, 0.6) is 0 Å². The summed E-state index contributed by atoms with van der Waals surface area (Å²) >= 11 is 0. The Kier molecular flexibility index (Phi) is 6.77. The predicted octanol–water partition coefficient (Wildman–Crippen LogP) is 3.43. The van der Waals surface area contributed by atoms with Gasteiger partial charge in [0.1, 0.15) is 5.76 Å². The zero-order valence-electron chi connectivity index (χ0n) is 18.2. The summed E-state index contributed by atoms with van der Waals surface area (Å²) in [6, 6.07) is 0.0698. The van der Waals surface area contributed by atoms with Crippen molar-refractivity contribution in [2.24, 2.45) is 27.8 Å². The van der Waals surface area contributed by atoms with Crippen molar-refractivity contribution in [2.45, 2.75) is 45.6 Å². The molecule has 6 N–H and O–H groups in total. The molecule has 31 heavy (non-hydrogen) atoms. The van der Waals surface area contributed by atoms with E-state index in [0.29, 0.717) is 6.54 Å². The lowest BCUT2D eigenvalue weighted by atomic mass is 9.70. The maximum atomic E-state index is 11.9. The molecule has 3 unspecified atom stereocenters. The van der Waals surface area contributed by atoms with Crippen molar-refractivity contribution in [3.8, 4) is 0 Å². The molecule has 2 aliphatic carbocycles. The van der Waals surface area contributed by atoms with Gasteiger partial charge in [-0.1, -0.05) is 13.3 Å². The van der Waals surface area contributed by atoms with Crippen LogP contribution in [0.4, 0.5) is 4.79 Å². The monoisotopic (exact) mass is 427 g/mol. The second-order valence-electron chi connectivity index (χ2n) is 9.00. The Labute approximate surface area is 183 Å². The number of amides is 1. The van der Waals surface area contributed by atoms with Crippen LogP contribution in [0.1, 0.15) is 39.5 Å². The Balaban J connectivity index is 1.70. The first-order valence-electron chi connectivity index (χ1n) is 10.7. The molecule has 8 nitrogen and oxygen atoms in total. The number of hydrogen-bond acceptors (Lipinski definition) is 6. The summed E-state index contributed by atoms with van der Waals surface area (Å²) in [6.45, 7) is 5.01. The van der Waals surface area contributed by atoms with Crippen LogP contribution in [0.3, 0.4) is 0 Å². The van der Waals surface area contributed by atoms with E-state index in [-0.39, 0.29) is 28.8 Å². The van der Waals surface area contributed by atoms with Crippen molar-refractivity contribution in [3.63, 3.8) is 0 Å². The number of fused-ring (bicyclic) bond motifs is 1. The molecule has 2 bridgehead atoms. The van der Waals surface area contributed by atoms with Crippen molar-refractivity contribution >= 4 is 12.4 Å². The van der Waals surface area contributed by atoms with E-state index in [2.05, 4.69) is 22.9 Å². The molecule has 3 aliphatic rings. The SMILES string of the molecule is C/C(=C(O)\C=C/N)N(CC1CCCC(C)(CN2C=NC3=CC2C=C(N)C=C3)C1)C(=O)O. The summed E-state index contributed by atoms with van der Waals surface area (Å²) in [6.07, 6.45) is 15.2. The highest BCUT2D eigenvalue weighted by Gasteiger charge is 2.36. The number of carboxylic acid groups (broad SMARTS) is 1. The van der Waals surface area contributed by atoms with Gasteiger partial charge in [-0.05, 0) is 74.1 Å². The molecule has 3 rings (SSSR count). The standard InChI is InChI=1S/C23H33N5O3/c1-16(21(29)7-9-24)28(22(30)31)13-17-4-3-8-23(2,12-17)14-27-15-26-19-6-5-18(25)10-20(27)11-19/h5-7,9-11,15,17,20,29H,3-4,8,12-14,24-25H2,1-2H3,(H,30,31)/b9-7-,21-16-. The van der Waals surface area contributed by atoms with Crippen molar-refractivity contribution < 1.29 is 15.0 Å². The van der Waals surface area contributed by atoms with Crippen LogP contribution in [0.15, 0.2) is 64.4 Å². The third kappa shape index (κ3) is 5.51. The normalized spacial score (nSPS) is 28.6. The number of hydrogen-bond donors (Lipinski definition) is 4. The lowest BCUT2D eigenvalue weighted by molar-refractivity contribution is 0.0967. The first-order valence-corrected chi connectivity index (χ1v) is 10.7. The van der Waals surface area contributed by atoms with Gasteiger partial charge >= 0.3 is 6.09 Å². The summed E-state index contributed by atoms with van der Waals surface area (Å²) in [5.74, 6) is 0.0608. The fourth-order valence-corrected chi connectivity index (χ4v) is 4.78. The number of aliphatic hydroxyl groups excluding tert-OH is 1. The first kappa shape index (κ1) is 22.5. The highest BCUT2D eigenvalue weighted by atomic mass is 16.4. The van der Waals surface area contributed by atoms with Crippen LogP contribution in [-0.4, -0.2) is 51.6 Å². The highest BCUT2D eigenvalue weighted by Crippen LogP contribution is 2.41. The van der Waals surface area contributed by atoms with E-state index in [1.54, 1.807) is 6.92 Å². The molecule has 0 aromatic heterocycles. The molecular weight excluding hydrogens is 394 g/mol. The van der Waals surface area contributed by atoms with Gasteiger partial charge in [-0.25, -0.2) is 9.79 Å². The molecule has 0 aromatic carbocycles. The summed E-state index contributed by atoms with van der Waals surface area (Å²) in [5, 5.41) is 19.8. The van der Waals surface area contributed by atoms with Crippen LogP contribution in [-0.2, 0) is 0 Å². The minimum Gasteiger partial charge on any atom is -0.506 e. The second kappa shape index (κ2) is 9.32. The molecule has 1 fully saturated rings. The van der Waals surface area contributed by atoms with Crippen LogP contribution < -0.4 is 11.5 Å². The lowest BCUT2D eigenvalue weighted by Crippen LogP contribution is -2.45. The van der Waals surface area contributed by atoms with E-state index in [1.807, 2.05) is 24.6 Å².